The Labute approximate surface area is 132 Å². The first-order valence-electron chi connectivity index (χ1n) is 7.34. The molecule has 1 atom stereocenters. The first-order valence-corrected chi connectivity index (χ1v) is 9.00. The standard InChI is InChI=1S/C15H25N3O3S/c1-12(2)10-14(16)15(19)17-8-9-22(20,21)18-11-13-6-4-3-5-7-13/h3-7,12,14,18H,8-11,16H2,1-2H3,(H,17,19)/t14-/m0/s1. The van der Waals surface area contributed by atoms with Crippen LogP contribution in [-0.4, -0.2) is 32.7 Å². The zero-order valence-electron chi connectivity index (χ0n) is 13.1. The van der Waals surface area contributed by atoms with Crippen molar-refractivity contribution in [2.24, 2.45) is 11.7 Å². The van der Waals surface area contributed by atoms with Crippen molar-refractivity contribution in [1.82, 2.24) is 10.0 Å². The molecule has 0 aliphatic rings. The molecule has 0 saturated heterocycles. The summed E-state index contributed by atoms with van der Waals surface area (Å²) in [5, 5.41) is 2.56. The van der Waals surface area contributed by atoms with E-state index in [0.717, 1.165) is 5.56 Å². The van der Waals surface area contributed by atoms with E-state index < -0.39 is 16.1 Å². The Morgan fingerprint density at radius 2 is 1.86 bits per heavy atom. The summed E-state index contributed by atoms with van der Waals surface area (Å²) in [5.74, 6) is -0.163. The summed E-state index contributed by atoms with van der Waals surface area (Å²) in [6.45, 7) is 4.24. The van der Waals surface area contributed by atoms with Gasteiger partial charge in [-0.2, -0.15) is 0 Å². The molecule has 0 bridgehead atoms. The van der Waals surface area contributed by atoms with E-state index in [0.29, 0.717) is 12.3 Å². The summed E-state index contributed by atoms with van der Waals surface area (Å²) in [7, 11) is -3.43. The van der Waals surface area contributed by atoms with Crippen LogP contribution in [0, 0.1) is 5.92 Å². The van der Waals surface area contributed by atoms with Crippen LogP contribution in [0.2, 0.25) is 0 Å². The van der Waals surface area contributed by atoms with Gasteiger partial charge in [0.1, 0.15) is 0 Å². The van der Waals surface area contributed by atoms with Gasteiger partial charge < -0.3 is 11.1 Å². The molecule has 22 heavy (non-hydrogen) atoms. The van der Waals surface area contributed by atoms with E-state index >= 15 is 0 Å². The normalized spacial score (nSPS) is 13.1. The minimum atomic E-state index is -3.43. The molecule has 1 amide bonds. The van der Waals surface area contributed by atoms with Gasteiger partial charge in [0.25, 0.3) is 0 Å². The first-order chi connectivity index (χ1) is 10.3. The van der Waals surface area contributed by atoms with Crippen LogP contribution in [0.5, 0.6) is 0 Å². The Morgan fingerprint density at radius 1 is 1.23 bits per heavy atom. The lowest BCUT2D eigenvalue weighted by molar-refractivity contribution is -0.122. The molecule has 0 aliphatic heterocycles. The lowest BCUT2D eigenvalue weighted by Gasteiger charge is -2.14. The second-order valence-corrected chi connectivity index (χ2v) is 7.58. The van der Waals surface area contributed by atoms with E-state index in [1.54, 1.807) is 0 Å². The maximum absolute atomic E-state index is 11.8. The number of benzene rings is 1. The maximum Gasteiger partial charge on any atom is 0.236 e. The van der Waals surface area contributed by atoms with Gasteiger partial charge in [0.2, 0.25) is 15.9 Å². The van der Waals surface area contributed by atoms with Gasteiger partial charge in [-0.3, -0.25) is 4.79 Å². The molecule has 1 aromatic carbocycles. The minimum absolute atomic E-state index is 0.0503. The molecule has 0 aromatic heterocycles. The lowest BCUT2D eigenvalue weighted by atomic mass is 10.0. The molecule has 1 aromatic rings. The third-order valence-corrected chi connectivity index (χ3v) is 4.40. The third kappa shape index (κ3) is 7.53. The molecule has 0 fully saturated rings. The van der Waals surface area contributed by atoms with Gasteiger partial charge in [-0.25, -0.2) is 13.1 Å². The predicted octanol–water partition coefficient (Wildman–Crippen LogP) is 0.596. The zero-order chi connectivity index (χ0) is 16.6. The Kier molecular flexibility index (Phi) is 7.50. The van der Waals surface area contributed by atoms with Crippen molar-refractivity contribution in [2.45, 2.75) is 32.9 Å². The third-order valence-electron chi connectivity index (χ3n) is 3.07. The van der Waals surface area contributed by atoms with E-state index in [9.17, 15) is 13.2 Å². The summed E-state index contributed by atoms with van der Waals surface area (Å²) < 4.78 is 26.2. The number of rotatable bonds is 9. The number of hydrogen-bond donors (Lipinski definition) is 3. The van der Waals surface area contributed by atoms with Crippen LogP contribution in [0.25, 0.3) is 0 Å². The molecular weight excluding hydrogens is 302 g/mol. The Balaban J connectivity index is 2.32. The average molecular weight is 327 g/mol. The largest absolute Gasteiger partial charge is 0.354 e. The lowest BCUT2D eigenvalue weighted by Crippen LogP contribution is -2.43. The zero-order valence-corrected chi connectivity index (χ0v) is 13.9. The van der Waals surface area contributed by atoms with Crippen LogP contribution < -0.4 is 15.8 Å². The molecule has 4 N–H and O–H groups in total. The summed E-state index contributed by atoms with van der Waals surface area (Å²) in [6.07, 6.45) is 0.574. The summed E-state index contributed by atoms with van der Waals surface area (Å²) in [6, 6.07) is 8.65. The molecule has 0 aliphatic carbocycles. The fourth-order valence-electron chi connectivity index (χ4n) is 1.92. The number of amides is 1. The number of nitrogens with one attached hydrogen (secondary N) is 2. The molecule has 0 spiro atoms. The fourth-order valence-corrected chi connectivity index (χ4v) is 2.82. The van der Waals surface area contributed by atoms with Crippen molar-refractivity contribution >= 4 is 15.9 Å². The van der Waals surface area contributed by atoms with Gasteiger partial charge in [0.15, 0.2) is 0 Å². The highest BCUT2D eigenvalue weighted by Gasteiger charge is 2.16. The van der Waals surface area contributed by atoms with Crippen molar-refractivity contribution in [3.8, 4) is 0 Å². The number of sulfonamides is 1. The Bertz CT molecular complexity index is 559. The molecule has 1 rings (SSSR count). The van der Waals surface area contributed by atoms with Crippen molar-refractivity contribution in [2.75, 3.05) is 12.3 Å². The smallest absolute Gasteiger partial charge is 0.236 e. The van der Waals surface area contributed by atoms with Crippen molar-refractivity contribution in [3.05, 3.63) is 35.9 Å². The quantitative estimate of drug-likeness (QED) is 0.618. The van der Waals surface area contributed by atoms with E-state index in [1.807, 2.05) is 44.2 Å². The molecule has 0 radical (unpaired) electrons. The average Bonchev–Trinajstić information content (AvgIpc) is 2.45. The highest BCUT2D eigenvalue weighted by Crippen LogP contribution is 2.02. The summed E-state index contributed by atoms with van der Waals surface area (Å²) >= 11 is 0. The molecule has 0 saturated carbocycles. The monoisotopic (exact) mass is 327 g/mol. The molecular formula is C15H25N3O3S. The number of nitrogens with two attached hydrogens (primary N) is 1. The van der Waals surface area contributed by atoms with Gasteiger partial charge in [0, 0.05) is 13.1 Å². The van der Waals surface area contributed by atoms with E-state index in [2.05, 4.69) is 10.0 Å². The Hall–Kier alpha value is -1.44. The van der Waals surface area contributed by atoms with Crippen LogP contribution in [0.3, 0.4) is 0 Å². The van der Waals surface area contributed by atoms with Crippen molar-refractivity contribution in [1.29, 1.82) is 0 Å². The van der Waals surface area contributed by atoms with Crippen LogP contribution in [0.15, 0.2) is 30.3 Å². The van der Waals surface area contributed by atoms with E-state index in [1.165, 1.54) is 0 Å². The van der Waals surface area contributed by atoms with Gasteiger partial charge in [-0.1, -0.05) is 44.2 Å². The van der Waals surface area contributed by atoms with Crippen LogP contribution in [-0.2, 0) is 21.4 Å². The molecule has 7 heteroatoms. The molecule has 0 unspecified atom stereocenters. The number of hydrogen-bond acceptors (Lipinski definition) is 4. The fraction of sp³-hybridized carbons (Fsp3) is 0.533. The van der Waals surface area contributed by atoms with Crippen LogP contribution in [0.4, 0.5) is 0 Å². The maximum atomic E-state index is 11.8. The topological polar surface area (TPSA) is 101 Å². The first kappa shape index (κ1) is 18.6. The van der Waals surface area contributed by atoms with Gasteiger partial charge in [-0.15, -0.1) is 0 Å². The van der Waals surface area contributed by atoms with Crippen LogP contribution in [0.1, 0.15) is 25.8 Å². The molecule has 124 valence electrons. The second-order valence-electron chi connectivity index (χ2n) is 5.65. The van der Waals surface area contributed by atoms with Gasteiger partial charge >= 0.3 is 0 Å². The highest BCUT2D eigenvalue weighted by molar-refractivity contribution is 7.89. The van der Waals surface area contributed by atoms with Gasteiger partial charge in [0.05, 0.1) is 11.8 Å². The second kappa shape index (κ2) is 8.87. The highest BCUT2D eigenvalue weighted by atomic mass is 32.2. The molecule has 6 nitrogen and oxygen atoms in total. The number of carbonyl (C=O) groups is 1. The van der Waals surface area contributed by atoms with E-state index in [4.69, 9.17) is 5.73 Å². The Morgan fingerprint density at radius 3 is 2.45 bits per heavy atom. The number of carbonyl (C=O) groups excluding carboxylic acids is 1. The van der Waals surface area contributed by atoms with Crippen molar-refractivity contribution in [3.63, 3.8) is 0 Å². The summed E-state index contributed by atoms with van der Waals surface area (Å²) in [4.78, 5) is 11.7. The van der Waals surface area contributed by atoms with Gasteiger partial charge in [-0.05, 0) is 17.9 Å². The molecule has 0 heterocycles. The SMILES string of the molecule is CC(C)C[C@H](N)C(=O)NCCS(=O)(=O)NCc1ccccc1. The van der Waals surface area contributed by atoms with E-state index in [-0.39, 0.29) is 24.7 Å². The predicted molar refractivity (Wildman–Crippen MR) is 87.5 cm³/mol. The summed E-state index contributed by atoms with van der Waals surface area (Å²) in [5.41, 5.74) is 6.61. The van der Waals surface area contributed by atoms with Crippen LogP contribution >= 0.6 is 0 Å². The van der Waals surface area contributed by atoms with Crippen molar-refractivity contribution < 1.29 is 13.2 Å². The minimum Gasteiger partial charge on any atom is -0.354 e.